The van der Waals surface area contributed by atoms with Crippen molar-refractivity contribution in [1.82, 2.24) is 4.98 Å². The molecule has 0 spiro atoms. The molecular formula is C17H20N2O2S. The van der Waals surface area contributed by atoms with Gasteiger partial charge in [0.1, 0.15) is 5.82 Å². The Morgan fingerprint density at radius 2 is 2.05 bits per heavy atom. The van der Waals surface area contributed by atoms with Crippen molar-refractivity contribution in [2.24, 2.45) is 0 Å². The van der Waals surface area contributed by atoms with Gasteiger partial charge in [-0.25, -0.2) is 9.78 Å². The first-order valence-electron chi connectivity index (χ1n) is 6.98. The van der Waals surface area contributed by atoms with E-state index in [1.165, 1.54) is 23.1 Å². The second-order valence-electron chi connectivity index (χ2n) is 4.99. The number of nitrogens with one attached hydrogen (secondary N) is 1. The van der Waals surface area contributed by atoms with E-state index in [1.807, 2.05) is 0 Å². The van der Waals surface area contributed by atoms with E-state index in [0.29, 0.717) is 17.8 Å². The van der Waals surface area contributed by atoms with Crippen LogP contribution >= 0.6 is 11.8 Å². The molecule has 0 amide bonds. The van der Waals surface area contributed by atoms with E-state index in [9.17, 15) is 4.79 Å². The summed E-state index contributed by atoms with van der Waals surface area (Å²) in [6, 6.07) is 9.95. The normalized spacial score (nSPS) is 10.4. The average molecular weight is 316 g/mol. The second kappa shape index (κ2) is 7.31. The molecule has 0 unspecified atom stereocenters. The highest BCUT2D eigenvalue weighted by Gasteiger charge is 2.10. The van der Waals surface area contributed by atoms with Crippen LogP contribution in [-0.2, 0) is 11.3 Å². The fourth-order valence-electron chi connectivity index (χ4n) is 2.17. The van der Waals surface area contributed by atoms with Crippen LogP contribution in [-0.4, -0.2) is 24.3 Å². The zero-order chi connectivity index (χ0) is 16.1. The van der Waals surface area contributed by atoms with Gasteiger partial charge in [0.05, 0.1) is 18.4 Å². The summed E-state index contributed by atoms with van der Waals surface area (Å²) in [5.41, 5.74) is 3.64. The van der Waals surface area contributed by atoms with Gasteiger partial charge in [0.25, 0.3) is 0 Å². The molecule has 22 heavy (non-hydrogen) atoms. The Hall–Kier alpha value is -2.01. The van der Waals surface area contributed by atoms with Crippen molar-refractivity contribution in [2.75, 3.05) is 18.7 Å². The van der Waals surface area contributed by atoms with Gasteiger partial charge in [-0.15, -0.1) is 11.8 Å². The molecular weight excluding hydrogens is 296 g/mol. The first-order valence-corrected chi connectivity index (χ1v) is 8.21. The van der Waals surface area contributed by atoms with Crippen LogP contribution in [0.5, 0.6) is 0 Å². The third-order valence-corrected chi connectivity index (χ3v) is 4.21. The number of carbonyl (C=O) groups excluding carboxylic acids is 1. The van der Waals surface area contributed by atoms with Crippen LogP contribution in [0.25, 0.3) is 0 Å². The number of hydrogen-bond acceptors (Lipinski definition) is 5. The van der Waals surface area contributed by atoms with Gasteiger partial charge in [-0.05, 0) is 49.4 Å². The molecule has 2 rings (SSSR count). The molecule has 0 radical (unpaired) electrons. The number of thioether (sulfide) groups is 1. The maximum absolute atomic E-state index is 11.6. The number of esters is 1. The predicted octanol–water partition coefficient (Wildman–Crippen LogP) is 3.82. The molecule has 4 nitrogen and oxygen atoms in total. The first kappa shape index (κ1) is 16.4. The zero-order valence-corrected chi connectivity index (χ0v) is 14.1. The number of methoxy groups -OCH3 is 1. The van der Waals surface area contributed by atoms with E-state index < -0.39 is 0 Å². The van der Waals surface area contributed by atoms with Crippen molar-refractivity contribution in [3.8, 4) is 0 Å². The van der Waals surface area contributed by atoms with Crippen molar-refractivity contribution >= 4 is 23.5 Å². The number of aromatic nitrogens is 1. The van der Waals surface area contributed by atoms with Crippen LogP contribution in [0.4, 0.5) is 5.82 Å². The van der Waals surface area contributed by atoms with E-state index in [-0.39, 0.29) is 5.97 Å². The van der Waals surface area contributed by atoms with Gasteiger partial charge in [-0.2, -0.15) is 0 Å². The quantitative estimate of drug-likeness (QED) is 0.671. The summed E-state index contributed by atoms with van der Waals surface area (Å²) < 4.78 is 4.73. The lowest BCUT2D eigenvalue weighted by Crippen LogP contribution is -2.08. The Balaban J connectivity index is 2.12. The number of hydrogen-bond donors (Lipinski definition) is 1. The molecule has 5 heteroatoms. The Bertz CT molecular complexity index is 686. The topological polar surface area (TPSA) is 51.2 Å². The van der Waals surface area contributed by atoms with Crippen LogP contribution in [0.1, 0.15) is 27.2 Å². The second-order valence-corrected chi connectivity index (χ2v) is 5.84. The Labute approximate surface area is 135 Å². The van der Waals surface area contributed by atoms with E-state index in [2.05, 4.69) is 41.7 Å². The van der Waals surface area contributed by atoms with Crippen molar-refractivity contribution in [1.29, 1.82) is 0 Å². The highest BCUT2D eigenvalue weighted by atomic mass is 32.2. The number of nitrogens with zero attached hydrogens (tertiary/aromatic N) is 1. The Morgan fingerprint density at radius 1 is 1.27 bits per heavy atom. The molecule has 1 aromatic heterocycles. The lowest BCUT2D eigenvalue weighted by molar-refractivity contribution is 0.0599. The Kier molecular flexibility index (Phi) is 5.44. The summed E-state index contributed by atoms with van der Waals surface area (Å²) in [6.45, 7) is 4.59. The van der Waals surface area contributed by atoms with Crippen molar-refractivity contribution in [2.45, 2.75) is 25.3 Å². The van der Waals surface area contributed by atoms with Gasteiger partial charge in [0.15, 0.2) is 0 Å². The van der Waals surface area contributed by atoms with Gasteiger partial charge >= 0.3 is 5.97 Å². The number of anilines is 1. The molecule has 0 bridgehead atoms. The molecule has 0 aliphatic rings. The van der Waals surface area contributed by atoms with Crippen LogP contribution in [0, 0.1) is 13.8 Å². The fourth-order valence-corrected chi connectivity index (χ4v) is 2.87. The smallest absolute Gasteiger partial charge is 0.339 e. The summed E-state index contributed by atoms with van der Waals surface area (Å²) in [4.78, 5) is 17.2. The number of aryl methyl sites for hydroxylation is 2. The molecule has 1 N–H and O–H groups in total. The van der Waals surface area contributed by atoms with Crippen molar-refractivity contribution in [3.05, 3.63) is 52.7 Å². The lowest BCUT2D eigenvalue weighted by Gasteiger charge is -2.11. The van der Waals surface area contributed by atoms with Crippen LogP contribution < -0.4 is 5.32 Å². The van der Waals surface area contributed by atoms with Gasteiger partial charge in [0.2, 0.25) is 0 Å². The fraction of sp³-hybridized carbons (Fsp3) is 0.294. The number of rotatable bonds is 5. The molecule has 0 saturated carbocycles. The molecule has 0 aliphatic carbocycles. The predicted molar refractivity (Wildman–Crippen MR) is 90.6 cm³/mol. The number of carbonyl (C=O) groups is 1. The molecule has 0 aliphatic heterocycles. The maximum atomic E-state index is 11.6. The van der Waals surface area contributed by atoms with Gasteiger partial charge in [-0.1, -0.05) is 12.1 Å². The van der Waals surface area contributed by atoms with E-state index in [4.69, 9.17) is 4.74 Å². The highest BCUT2D eigenvalue weighted by Crippen LogP contribution is 2.23. The van der Waals surface area contributed by atoms with Crippen molar-refractivity contribution < 1.29 is 9.53 Å². The third kappa shape index (κ3) is 3.80. The Morgan fingerprint density at radius 3 is 2.68 bits per heavy atom. The van der Waals surface area contributed by atoms with E-state index >= 15 is 0 Å². The summed E-state index contributed by atoms with van der Waals surface area (Å²) in [7, 11) is 1.37. The van der Waals surface area contributed by atoms with Crippen LogP contribution in [0.3, 0.4) is 0 Å². The summed E-state index contributed by atoms with van der Waals surface area (Å²) in [6.07, 6.45) is 2.08. The first-order chi connectivity index (χ1) is 10.5. The minimum Gasteiger partial charge on any atom is -0.465 e. The largest absolute Gasteiger partial charge is 0.465 e. The van der Waals surface area contributed by atoms with Gasteiger partial charge < -0.3 is 10.1 Å². The molecule has 2 aromatic rings. The van der Waals surface area contributed by atoms with Gasteiger partial charge in [-0.3, -0.25) is 0 Å². The monoisotopic (exact) mass is 316 g/mol. The van der Waals surface area contributed by atoms with Crippen LogP contribution in [0.15, 0.2) is 35.2 Å². The molecule has 116 valence electrons. The number of pyridine rings is 1. The standard InChI is InChI=1S/C17H20N2O2S/c1-11-5-6-13(15(9-11)22-4)10-18-16-8-7-14(12(2)19-16)17(20)21-3/h5-9H,10H2,1-4H3,(H,18,19). The zero-order valence-electron chi connectivity index (χ0n) is 13.3. The van der Waals surface area contributed by atoms with Crippen molar-refractivity contribution in [3.63, 3.8) is 0 Å². The summed E-state index contributed by atoms with van der Waals surface area (Å²) >= 11 is 1.74. The van der Waals surface area contributed by atoms with E-state index in [0.717, 1.165) is 5.82 Å². The highest BCUT2D eigenvalue weighted by molar-refractivity contribution is 7.98. The summed E-state index contributed by atoms with van der Waals surface area (Å²) in [5, 5.41) is 3.30. The minimum absolute atomic E-state index is 0.361. The molecule has 1 aromatic carbocycles. The number of benzene rings is 1. The lowest BCUT2D eigenvalue weighted by atomic mass is 10.1. The van der Waals surface area contributed by atoms with Crippen LogP contribution in [0.2, 0.25) is 0 Å². The van der Waals surface area contributed by atoms with E-state index in [1.54, 1.807) is 30.8 Å². The maximum Gasteiger partial charge on any atom is 0.339 e. The summed E-state index contributed by atoms with van der Waals surface area (Å²) in [5.74, 6) is 0.387. The molecule has 0 saturated heterocycles. The third-order valence-electron chi connectivity index (χ3n) is 3.39. The average Bonchev–Trinajstić information content (AvgIpc) is 2.53. The molecule has 1 heterocycles. The SMILES string of the molecule is COC(=O)c1ccc(NCc2ccc(C)cc2SC)nc1C. The molecule has 0 fully saturated rings. The minimum atomic E-state index is -0.361. The molecule has 0 atom stereocenters. The van der Waals surface area contributed by atoms with Gasteiger partial charge in [0, 0.05) is 11.4 Å². The number of ether oxygens (including phenoxy) is 1.